The maximum Gasteiger partial charge on any atom is 0.109 e. The van der Waals surface area contributed by atoms with E-state index in [9.17, 15) is 0 Å². The Morgan fingerprint density at radius 2 is 1.29 bits per heavy atom. The van der Waals surface area contributed by atoms with Crippen molar-refractivity contribution in [3.8, 4) is 0 Å². The first-order valence-corrected chi connectivity index (χ1v) is 8.92. The van der Waals surface area contributed by atoms with E-state index in [4.69, 9.17) is 4.74 Å². The van der Waals surface area contributed by atoms with Crippen LogP contribution in [-0.4, -0.2) is 0 Å². The van der Waals surface area contributed by atoms with Crippen LogP contribution in [0.2, 0.25) is 0 Å². The highest BCUT2D eigenvalue weighted by molar-refractivity contribution is 5.54. The standard InChI is InChI=1S/C23H26O/c1-22(2)12-10-17-19(14-22)24-20-15-23(3,4)13-11-18(20)21(17)16-8-6-5-7-9-16/h5-13,21H,14-15H2,1-4H3. The van der Waals surface area contributed by atoms with Crippen LogP contribution in [0.3, 0.4) is 0 Å². The average Bonchev–Trinajstić information content (AvgIpc) is 2.51. The Labute approximate surface area is 145 Å². The molecule has 1 nitrogen and oxygen atoms in total. The van der Waals surface area contributed by atoms with Crippen LogP contribution in [0.1, 0.15) is 52.0 Å². The second-order valence-corrected chi connectivity index (χ2v) is 8.70. The van der Waals surface area contributed by atoms with E-state index in [0.29, 0.717) is 5.92 Å². The molecule has 0 bridgehead atoms. The molecule has 0 saturated heterocycles. The lowest BCUT2D eigenvalue weighted by Crippen LogP contribution is -2.26. The molecule has 1 aromatic carbocycles. The van der Waals surface area contributed by atoms with Crippen LogP contribution >= 0.6 is 0 Å². The quantitative estimate of drug-likeness (QED) is 0.592. The van der Waals surface area contributed by atoms with Crippen LogP contribution < -0.4 is 0 Å². The number of hydrogen-bond donors (Lipinski definition) is 0. The van der Waals surface area contributed by atoms with Gasteiger partial charge in [0.2, 0.25) is 0 Å². The second-order valence-electron chi connectivity index (χ2n) is 8.70. The van der Waals surface area contributed by atoms with Crippen molar-refractivity contribution in [3.05, 3.63) is 82.9 Å². The van der Waals surface area contributed by atoms with Gasteiger partial charge in [0.1, 0.15) is 11.5 Å². The minimum Gasteiger partial charge on any atom is -0.465 e. The highest BCUT2D eigenvalue weighted by Crippen LogP contribution is 2.51. The zero-order valence-corrected chi connectivity index (χ0v) is 15.1. The molecule has 0 radical (unpaired) electrons. The van der Waals surface area contributed by atoms with Gasteiger partial charge in [-0.1, -0.05) is 82.3 Å². The summed E-state index contributed by atoms with van der Waals surface area (Å²) < 4.78 is 6.47. The first-order valence-electron chi connectivity index (χ1n) is 8.92. The van der Waals surface area contributed by atoms with Crippen molar-refractivity contribution in [2.24, 2.45) is 10.8 Å². The van der Waals surface area contributed by atoms with Gasteiger partial charge in [0.15, 0.2) is 0 Å². The molecule has 0 spiro atoms. The molecule has 0 fully saturated rings. The Morgan fingerprint density at radius 3 is 1.79 bits per heavy atom. The summed E-state index contributed by atoms with van der Waals surface area (Å²) in [5, 5.41) is 0. The van der Waals surface area contributed by atoms with Gasteiger partial charge in [0.05, 0.1) is 0 Å². The van der Waals surface area contributed by atoms with Crippen LogP contribution in [0.5, 0.6) is 0 Å². The normalized spacial score (nSPS) is 24.5. The average molecular weight is 318 g/mol. The van der Waals surface area contributed by atoms with Crippen LogP contribution in [0.4, 0.5) is 0 Å². The number of hydrogen-bond acceptors (Lipinski definition) is 1. The largest absolute Gasteiger partial charge is 0.465 e. The summed E-state index contributed by atoms with van der Waals surface area (Å²) in [4.78, 5) is 0. The molecule has 3 aliphatic rings. The zero-order chi connectivity index (χ0) is 16.9. The molecular weight excluding hydrogens is 292 g/mol. The summed E-state index contributed by atoms with van der Waals surface area (Å²) in [5.41, 5.74) is 4.36. The van der Waals surface area contributed by atoms with Gasteiger partial charge < -0.3 is 4.74 Å². The predicted molar refractivity (Wildman–Crippen MR) is 99.4 cm³/mol. The third-order valence-corrected chi connectivity index (χ3v) is 5.31. The number of benzene rings is 1. The summed E-state index contributed by atoms with van der Waals surface area (Å²) in [6.45, 7) is 9.12. The summed E-state index contributed by atoms with van der Waals surface area (Å²) in [5.74, 6) is 2.63. The van der Waals surface area contributed by atoms with Crippen molar-refractivity contribution in [1.29, 1.82) is 0 Å². The maximum atomic E-state index is 6.47. The van der Waals surface area contributed by atoms with Crippen LogP contribution in [0, 0.1) is 10.8 Å². The van der Waals surface area contributed by atoms with E-state index in [1.54, 1.807) is 0 Å². The van der Waals surface area contributed by atoms with E-state index in [2.05, 4.69) is 82.3 Å². The minimum atomic E-state index is 0.165. The van der Waals surface area contributed by atoms with Crippen molar-refractivity contribution in [2.45, 2.75) is 46.5 Å². The SMILES string of the molecule is CC1(C)C=CC2=C(C1)OC1=C(C=CC(C)(C)C1)C2c1ccccc1. The van der Waals surface area contributed by atoms with Gasteiger partial charge in [0.25, 0.3) is 0 Å². The van der Waals surface area contributed by atoms with Crippen molar-refractivity contribution >= 4 is 0 Å². The molecule has 0 atom stereocenters. The Bertz CT molecular complexity index is 737. The van der Waals surface area contributed by atoms with E-state index in [1.165, 1.54) is 28.2 Å². The van der Waals surface area contributed by atoms with E-state index in [1.807, 2.05) is 0 Å². The van der Waals surface area contributed by atoms with E-state index in [-0.39, 0.29) is 10.8 Å². The summed E-state index contributed by atoms with van der Waals surface area (Å²) in [7, 11) is 0. The Kier molecular flexibility index (Phi) is 3.38. The summed E-state index contributed by atoms with van der Waals surface area (Å²) in [6, 6.07) is 10.8. The third kappa shape index (κ3) is 2.66. The number of allylic oxidation sites excluding steroid dienone is 8. The molecule has 124 valence electrons. The molecule has 1 heterocycles. The third-order valence-electron chi connectivity index (χ3n) is 5.31. The van der Waals surface area contributed by atoms with Crippen molar-refractivity contribution in [2.75, 3.05) is 0 Å². The highest BCUT2D eigenvalue weighted by atomic mass is 16.5. The fraction of sp³-hybridized carbons (Fsp3) is 0.391. The first-order chi connectivity index (χ1) is 11.3. The van der Waals surface area contributed by atoms with Crippen LogP contribution in [0.15, 0.2) is 77.3 Å². The minimum absolute atomic E-state index is 0.165. The zero-order valence-electron chi connectivity index (χ0n) is 15.1. The van der Waals surface area contributed by atoms with Crippen molar-refractivity contribution < 1.29 is 4.74 Å². The first kappa shape index (κ1) is 15.5. The molecule has 0 aromatic heterocycles. The molecule has 0 N–H and O–H groups in total. The number of ether oxygens (including phenoxy) is 1. The van der Waals surface area contributed by atoms with Crippen LogP contribution in [-0.2, 0) is 4.74 Å². The summed E-state index contributed by atoms with van der Waals surface area (Å²) in [6.07, 6.45) is 11.2. The van der Waals surface area contributed by atoms with E-state index >= 15 is 0 Å². The lowest BCUT2D eigenvalue weighted by atomic mass is 9.71. The van der Waals surface area contributed by atoms with E-state index < -0.39 is 0 Å². The summed E-state index contributed by atoms with van der Waals surface area (Å²) >= 11 is 0. The molecule has 1 aliphatic heterocycles. The molecule has 4 rings (SSSR count). The van der Waals surface area contributed by atoms with Gasteiger partial charge in [-0.3, -0.25) is 0 Å². The monoisotopic (exact) mass is 318 g/mol. The van der Waals surface area contributed by atoms with Crippen molar-refractivity contribution in [3.63, 3.8) is 0 Å². The molecule has 2 aliphatic carbocycles. The van der Waals surface area contributed by atoms with Gasteiger partial charge in [-0.2, -0.15) is 0 Å². The second kappa shape index (κ2) is 5.24. The molecule has 0 unspecified atom stereocenters. The molecule has 1 heteroatoms. The molecule has 24 heavy (non-hydrogen) atoms. The van der Waals surface area contributed by atoms with Gasteiger partial charge in [-0.15, -0.1) is 0 Å². The van der Waals surface area contributed by atoms with Gasteiger partial charge in [-0.05, 0) is 16.4 Å². The van der Waals surface area contributed by atoms with Gasteiger partial charge in [-0.25, -0.2) is 0 Å². The lowest BCUT2D eigenvalue weighted by Gasteiger charge is -2.40. The molecule has 0 saturated carbocycles. The Hall–Kier alpha value is -2.02. The lowest BCUT2D eigenvalue weighted by molar-refractivity contribution is 0.207. The topological polar surface area (TPSA) is 9.23 Å². The predicted octanol–water partition coefficient (Wildman–Crippen LogP) is 6.28. The molecular formula is C23H26O. The number of rotatable bonds is 1. The van der Waals surface area contributed by atoms with Gasteiger partial charge in [0, 0.05) is 29.9 Å². The smallest absolute Gasteiger partial charge is 0.109 e. The fourth-order valence-electron chi connectivity index (χ4n) is 3.99. The molecule has 0 amide bonds. The Balaban J connectivity index is 1.84. The fourth-order valence-corrected chi connectivity index (χ4v) is 3.99. The Morgan fingerprint density at radius 1 is 0.792 bits per heavy atom. The molecule has 1 aromatic rings. The van der Waals surface area contributed by atoms with Gasteiger partial charge >= 0.3 is 0 Å². The van der Waals surface area contributed by atoms with E-state index in [0.717, 1.165) is 12.8 Å². The highest BCUT2D eigenvalue weighted by Gasteiger charge is 2.38. The van der Waals surface area contributed by atoms with Crippen LogP contribution in [0.25, 0.3) is 0 Å². The van der Waals surface area contributed by atoms with Crippen molar-refractivity contribution in [1.82, 2.24) is 0 Å². The maximum absolute atomic E-state index is 6.47.